The van der Waals surface area contributed by atoms with Crippen LogP contribution < -0.4 is 0 Å². The Balaban J connectivity index is -0.0000000450. The molecule has 2 aromatic carbocycles. The monoisotopic (exact) mass is 507 g/mol. The quantitative estimate of drug-likeness (QED) is 0.274. The minimum Gasteiger partial charge on any atom is -0.358 e. The third-order valence-corrected chi connectivity index (χ3v) is 2.97. The van der Waals surface area contributed by atoms with Crippen LogP contribution in [0.5, 0.6) is 0 Å². The van der Waals surface area contributed by atoms with Gasteiger partial charge in [-0.15, -0.1) is 11.6 Å². The van der Waals surface area contributed by atoms with Crippen molar-refractivity contribution in [2.24, 2.45) is 5.92 Å². The van der Waals surface area contributed by atoms with Gasteiger partial charge in [0.2, 0.25) is 0 Å². The molecule has 1 aliphatic carbocycles. The van der Waals surface area contributed by atoms with Gasteiger partial charge in [-0.3, -0.25) is 6.08 Å². The molecule has 0 saturated heterocycles. The molecule has 148 valence electrons. The zero-order chi connectivity index (χ0) is 12.1. The molecule has 0 aromatic heterocycles. The van der Waals surface area contributed by atoms with Gasteiger partial charge in [-0.05, 0) is 0 Å². The number of rotatable bonds is 1. The Morgan fingerprint density at radius 3 is 1.68 bits per heavy atom. The maximum absolute atomic E-state index is 3.40. The Morgan fingerprint density at radius 1 is 0.800 bits per heavy atom. The Labute approximate surface area is 180 Å². The molecular weight excluding hydrogens is 467 g/mol. The zero-order valence-electron chi connectivity index (χ0n) is 17.9. The molecule has 0 fully saturated rings. The van der Waals surface area contributed by atoms with Gasteiger partial charge in [0.1, 0.15) is 0 Å². The standard InChI is InChI=1S/C12H13.C5H5.7CH3.Hf/c1-9(2)11-8-7-10-5-3-4-6-12(10)11;1-2-4-5-3-1;;;;;;;;/h3-7,9,11H,1-2H3;1-5H;7*1H3;/q9*-1;. The fraction of sp³-hybridized carbons (Fsp3) is 0.167. The van der Waals surface area contributed by atoms with Crippen molar-refractivity contribution >= 4 is 6.08 Å². The van der Waals surface area contributed by atoms with Gasteiger partial charge in [-0.2, -0.15) is 23.8 Å². The summed E-state index contributed by atoms with van der Waals surface area (Å²) in [6, 6.07) is 18.6. The molecule has 0 saturated carbocycles. The predicted octanol–water partition coefficient (Wildman–Crippen LogP) is 7.81. The average Bonchev–Trinajstić information content (AvgIpc) is 3.02. The Morgan fingerprint density at radius 2 is 1.28 bits per heavy atom. The molecule has 1 atom stereocenters. The van der Waals surface area contributed by atoms with Crippen LogP contribution in [0.25, 0.3) is 6.08 Å². The Bertz CT molecular complexity index is 449. The molecule has 0 bridgehead atoms. The van der Waals surface area contributed by atoms with Crippen molar-refractivity contribution in [1.82, 2.24) is 0 Å². The van der Waals surface area contributed by atoms with Crippen LogP contribution in [0.4, 0.5) is 0 Å². The molecule has 2 aromatic rings. The fourth-order valence-electron chi connectivity index (χ4n) is 2.07. The fourth-order valence-corrected chi connectivity index (χ4v) is 2.07. The van der Waals surface area contributed by atoms with E-state index in [0.717, 1.165) is 0 Å². The molecule has 0 spiro atoms. The summed E-state index contributed by atoms with van der Waals surface area (Å²) in [7, 11) is 0. The molecule has 1 heteroatoms. The molecule has 0 amide bonds. The van der Waals surface area contributed by atoms with E-state index in [4.69, 9.17) is 0 Å². The molecule has 1 unspecified atom stereocenters. The van der Waals surface area contributed by atoms with Gasteiger partial charge in [-0.1, -0.05) is 43.9 Å². The summed E-state index contributed by atoms with van der Waals surface area (Å²) in [5.41, 5.74) is 2.78. The van der Waals surface area contributed by atoms with Gasteiger partial charge in [-0.25, -0.2) is 18.2 Å². The SMILES string of the molecule is CC(C)C1[C-]=Cc2ccccc21.[CH3-].[CH3-].[CH3-].[CH3-].[CH3-].[CH3-].[CH3-].[Hf].c1cc[cH-]c1. The molecule has 0 radical (unpaired) electrons. The first-order valence-electron chi connectivity index (χ1n) is 6.14. The van der Waals surface area contributed by atoms with E-state index in [1.54, 1.807) is 0 Å². The van der Waals surface area contributed by atoms with E-state index < -0.39 is 0 Å². The Kier molecular flexibility index (Phi) is 40.8. The maximum atomic E-state index is 3.40. The Hall–Kier alpha value is -0.820. The number of allylic oxidation sites excluding steroid dienone is 1. The summed E-state index contributed by atoms with van der Waals surface area (Å²) in [4.78, 5) is 0. The van der Waals surface area contributed by atoms with Gasteiger partial charge in [0.05, 0.1) is 0 Å². The molecule has 0 N–H and O–H groups in total. The molecular formula is C24H39Hf-9. The first-order chi connectivity index (χ1) is 8.29. The summed E-state index contributed by atoms with van der Waals surface area (Å²) in [6.07, 6.45) is 5.51. The molecule has 25 heavy (non-hydrogen) atoms. The molecule has 1 aliphatic rings. The van der Waals surface area contributed by atoms with E-state index in [0.29, 0.717) is 11.8 Å². The first-order valence-corrected chi connectivity index (χ1v) is 6.14. The summed E-state index contributed by atoms with van der Waals surface area (Å²) in [6.45, 7) is 4.49. The van der Waals surface area contributed by atoms with Crippen LogP contribution in [0.3, 0.4) is 0 Å². The third kappa shape index (κ3) is 13.1. The zero-order valence-corrected chi connectivity index (χ0v) is 21.5. The maximum Gasteiger partial charge on any atom is 0 e. The predicted molar refractivity (Wildman–Crippen MR) is 119 cm³/mol. The van der Waals surface area contributed by atoms with Crippen LogP contribution >= 0.6 is 0 Å². The third-order valence-electron chi connectivity index (χ3n) is 2.97. The topological polar surface area (TPSA) is 0 Å². The second kappa shape index (κ2) is 23.2. The van der Waals surface area contributed by atoms with Gasteiger partial charge in [0.15, 0.2) is 0 Å². The normalized spacial score (nSPS) is 11.2. The van der Waals surface area contributed by atoms with E-state index in [1.165, 1.54) is 11.1 Å². The van der Waals surface area contributed by atoms with Crippen molar-refractivity contribution in [3.05, 3.63) is 124 Å². The molecule has 0 aliphatic heterocycles. The van der Waals surface area contributed by atoms with E-state index >= 15 is 0 Å². The van der Waals surface area contributed by atoms with Gasteiger partial charge < -0.3 is 52.0 Å². The van der Waals surface area contributed by atoms with E-state index in [-0.39, 0.29) is 77.8 Å². The summed E-state index contributed by atoms with van der Waals surface area (Å²) >= 11 is 0. The van der Waals surface area contributed by atoms with E-state index in [9.17, 15) is 0 Å². The number of hydrogen-bond donors (Lipinski definition) is 0. The van der Waals surface area contributed by atoms with Crippen molar-refractivity contribution < 1.29 is 25.8 Å². The van der Waals surface area contributed by atoms with Gasteiger partial charge in [0, 0.05) is 25.8 Å². The van der Waals surface area contributed by atoms with Crippen LogP contribution in [0.15, 0.2) is 54.6 Å². The van der Waals surface area contributed by atoms with Crippen molar-refractivity contribution in [1.29, 1.82) is 0 Å². The average molecular weight is 506 g/mol. The first kappa shape index (κ1) is 44.0. The van der Waals surface area contributed by atoms with Crippen molar-refractivity contribution in [3.8, 4) is 0 Å². The van der Waals surface area contributed by atoms with E-state index in [1.807, 2.05) is 30.3 Å². The second-order valence-electron chi connectivity index (χ2n) is 4.62. The van der Waals surface area contributed by atoms with Crippen molar-refractivity contribution in [2.45, 2.75) is 19.8 Å². The minimum atomic E-state index is 0. The van der Waals surface area contributed by atoms with Gasteiger partial charge >= 0.3 is 0 Å². The number of fused-ring (bicyclic) bond motifs is 1. The molecule has 0 nitrogen and oxygen atoms in total. The summed E-state index contributed by atoms with van der Waals surface area (Å²) in [5, 5.41) is 0. The van der Waals surface area contributed by atoms with Crippen LogP contribution in [0.1, 0.15) is 30.9 Å². The minimum absolute atomic E-state index is 0. The number of hydrogen-bond acceptors (Lipinski definition) is 0. The van der Waals surface area contributed by atoms with Gasteiger partial charge in [0.25, 0.3) is 0 Å². The number of benzene rings is 1. The molecule has 0 heterocycles. The van der Waals surface area contributed by atoms with Crippen LogP contribution in [-0.2, 0) is 25.8 Å². The van der Waals surface area contributed by atoms with Crippen LogP contribution in [0.2, 0.25) is 0 Å². The van der Waals surface area contributed by atoms with E-state index in [2.05, 4.69) is 50.3 Å². The smallest absolute Gasteiger partial charge is 0 e. The summed E-state index contributed by atoms with van der Waals surface area (Å²) in [5.74, 6) is 1.17. The van der Waals surface area contributed by atoms with Crippen molar-refractivity contribution in [3.63, 3.8) is 0 Å². The largest absolute Gasteiger partial charge is 0.358 e. The van der Waals surface area contributed by atoms with Crippen LogP contribution in [-0.4, -0.2) is 0 Å². The second-order valence-corrected chi connectivity index (χ2v) is 4.62. The van der Waals surface area contributed by atoms with Crippen molar-refractivity contribution in [2.75, 3.05) is 0 Å². The van der Waals surface area contributed by atoms with Crippen LogP contribution in [0, 0.1) is 64.0 Å². The molecule has 3 rings (SSSR count). The summed E-state index contributed by atoms with van der Waals surface area (Å²) < 4.78 is 0.